The maximum Gasteiger partial charge on any atom is 0.272 e. The van der Waals surface area contributed by atoms with Gasteiger partial charge in [0.1, 0.15) is 10.3 Å². The zero-order valence-corrected chi connectivity index (χ0v) is 14.6. The number of halogens is 1. The summed E-state index contributed by atoms with van der Waals surface area (Å²) in [7, 11) is 0. The van der Waals surface area contributed by atoms with Crippen molar-refractivity contribution in [2.75, 3.05) is 6.54 Å². The van der Waals surface area contributed by atoms with Crippen molar-refractivity contribution in [1.29, 1.82) is 0 Å². The van der Waals surface area contributed by atoms with Gasteiger partial charge in [-0.05, 0) is 48.2 Å². The van der Waals surface area contributed by atoms with Crippen molar-refractivity contribution in [3.8, 4) is 0 Å². The summed E-state index contributed by atoms with van der Waals surface area (Å²) in [6.07, 6.45) is 5.37. The number of aromatic nitrogens is 3. The van der Waals surface area contributed by atoms with Crippen molar-refractivity contribution in [3.05, 3.63) is 28.1 Å². The monoisotopic (exact) mass is 364 g/mol. The Morgan fingerprint density at radius 1 is 1.36 bits per heavy atom. The Balaban J connectivity index is 1.99. The molecular weight excluding hydrogens is 344 g/mol. The molecule has 2 aromatic heterocycles. The zero-order valence-electron chi connectivity index (χ0n) is 13.0. The lowest BCUT2D eigenvalue weighted by Gasteiger charge is -2.27. The lowest BCUT2D eigenvalue weighted by atomic mass is 10.1. The molecule has 118 valence electrons. The Bertz CT molecular complexity index is 697. The number of rotatable bonds is 2. The maximum atomic E-state index is 12.9. The lowest BCUT2D eigenvalue weighted by molar-refractivity contribution is 0.0692. The van der Waals surface area contributed by atoms with E-state index >= 15 is 0 Å². The number of fused-ring (bicyclic) bond motifs is 1. The molecule has 0 unspecified atom stereocenters. The fraction of sp³-hybridized carbons (Fsp3) is 0.562. The van der Waals surface area contributed by atoms with Gasteiger partial charge in [0.15, 0.2) is 5.65 Å². The van der Waals surface area contributed by atoms with Crippen LogP contribution in [0, 0.1) is 0 Å². The first-order chi connectivity index (χ1) is 10.6. The van der Waals surface area contributed by atoms with Crippen molar-refractivity contribution < 1.29 is 4.79 Å². The molecular formula is C16H21BrN4O. The SMILES string of the molecule is CCc1cc(C(=O)N2CCCCC[C@H]2C)nc2cc(Br)nn12. The van der Waals surface area contributed by atoms with Crippen molar-refractivity contribution in [3.63, 3.8) is 0 Å². The van der Waals surface area contributed by atoms with Gasteiger partial charge in [0.05, 0.1) is 0 Å². The molecule has 2 aromatic rings. The summed E-state index contributed by atoms with van der Waals surface area (Å²) < 4.78 is 2.54. The van der Waals surface area contributed by atoms with Gasteiger partial charge in [-0.3, -0.25) is 4.79 Å². The minimum atomic E-state index is 0.0453. The average molecular weight is 365 g/mol. The van der Waals surface area contributed by atoms with Crippen molar-refractivity contribution in [2.24, 2.45) is 0 Å². The van der Waals surface area contributed by atoms with E-state index in [-0.39, 0.29) is 11.9 Å². The van der Waals surface area contributed by atoms with Gasteiger partial charge in [0.2, 0.25) is 0 Å². The number of hydrogen-bond acceptors (Lipinski definition) is 3. The van der Waals surface area contributed by atoms with Crippen LogP contribution in [0.5, 0.6) is 0 Å². The molecule has 6 heteroatoms. The van der Waals surface area contributed by atoms with Crippen LogP contribution in [-0.4, -0.2) is 38.0 Å². The van der Waals surface area contributed by atoms with E-state index in [0.29, 0.717) is 5.69 Å². The highest BCUT2D eigenvalue weighted by Crippen LogP contribution is 2.20. The highest BCUT2D eigenvalue weighted by atomic mass is 79.9. The van der Waals surface area contributed by atoms with E-state index in [2.05, 4.69) is 39.9 Å². The number of carbonyl (C=O) groups is 1. The minimum Gasteiger partial charge on any atom is -0.335 e. The van der Waals surface area contributed by atoms with Crippen molar-refractivity contribution in [1.82, 2.24) is 19.5 Å². The molecule has 22 heavy (non-hydrogen) atoms. The molecule has 1 saturated heterocycles. The van der Waals surface area contributed by atoms with E-state index in [1.807, 2.05) is 17.0 Å². The van der Waals surface area contributed by atoms with Gasteiger partial charge < -0.3 is 4.90 Å². The second kappa shape index (κ2) is 6.36. The van der Waals surface area contributed by atoms with Crippen LogP contribution in [0.1, 0.15) is 55.7 Å². The fourth-order valence-corrected chi connectivity index (χ4v) is 3.46. The van der Waals surface area contributed by atoms with Gasteiger partial charge in [0.25, 0.3) is 5.91 Å². The molecule has 0 aliphatic carbocycles. The summed E-state index contributed by atoms with van der Waals surface area (Å²) in [6, 6.07) is 4.02. The number of carbonyl (C=O) groups excluding carboxylic acids is 1. The number of likely N-dealkylation sites (tertiary alicyclic amines) is 1. The van der Waals surface area contributed by atoms with Crippen molar-refractivity contribution >= 4 is 27.5 Å². The Hall–Kier alpha value is -1.43. The molecule has 3 rings (SSSR count). The van der Waals surface area contributed by atoms with E-state index < -0.39 is 0 Å². The Labute approximate surface area is 138 Å². The van der Waals surface area contributed by atoms with Crippen LogP contribution in [0.3, 0.4) is 0 Å². The first-order valence-corrected chi connectivity index (χ1v) is 8.75. The molecule has 0 saturated carbocycles. The topological polar surface area (TPSA) is 50.5 Å². The number of nitrogens with zero attached hydrogens (tertiary/aromatic N) is 4. The smallest absolute Gasteiger partial charge is 0.272 e. The summed E-state index contributed by atoms with van der Waals surface area (Å²) in [5, 5.41) is 4.37. The number of amides is 1. The summed E-state index contributed by atoms with van der Waals surface area (Å²) >= 11 is 3.38. The summed E-state index contributed by atoms with van der Waals surface area (Å²) in [4.78, 5) is 19.4. The van der Waals surface area contributed by atoms with Crippen LogP contribution in [0.4, 0.5) is 0 Å². The van der Waals surface area contributed by atoms with E-state index in [0.717, 1.165) is 41.8 Å². The predicted molar refractivity (Wildman–Crippen MR) is 89.0 cm³/mol. The van der Waals surface area contributed by atoms with Crippen LogP contribution in [0.2, 0.25) is 0 Å². The van der Waals surface area contributed by atoms with Gasteiger partial charge >= 0.3 is 0 Å². The summed E-state index contributed by atoms with van der Waals surface area (Å²) in [5.74, 6) is 0.0453. The molecule has 1 aliphatic rings. The molecule has 1 atom stereocenters. The minimum absolute atomic E-state index is 0.0453. The Morgan fingerprint density at radius 3 is 2.95 bits per heavy atom. The van der Waals surface area contributed by atoms with Crippen LogP contribution < -0.4 is 0 Å². The second-order valence-electron chi connectivity index (χ2n) is 5.92. The number of hydrogen-bond donors (Lipinski definition) is 0. The third-order valence-electron chi connectivity index (χ3n) is 4.37. The van der Waals surface area contributed by atoms with Gasteiger partial charge in [-0.2, -0.15) is 5.10 Å². The lowest BCUT2D eigenvalue weighted by Crippen LogP contribution is -2.38. The van der Waals surface area contributed by atoms with Crippen LogP contribution in [0.15, 0.2) is 16.7 Å². The molecule has 3 heterocycles. The molecule has 0 radical (unpaired) electrons. The molecule has 0 bridgehead atoms. The molecule has 5 nitrogen and oxygen atoms in total. The van der Waals surface area contributed by atoms with Gasteiger partial charge in [-0.1, -0.05) is 19.8 Å². The van der Waals surface area contributed by atoms with Crippen LogP contribution in [-0.2, 0) is 6.42 Å². The summed E-state index contributed by atoms with van der Waals surface area (Å²) in [6.45, 7) is 5.03. The molecule has 1 aliphatic heterocycles. The molecule has 1 fully saturated rings. The molecule has 0 N–H and O–H groups in total. The molecule has 0 aromatic carbocycles. The van der Waals surface area contributed by atoms with E-state index in [1.165, 1.54) is 12.8 Å². The highest BCUT2D eigenvalue weighted by Gasteiger charge is 2.25. The van der Waals surface area contributed by atoms with Crippen LogP contribution >= 0.6 is 15.9 Å². The normalized spacial score (nSPS) is 19.4. The molecule has 0 spiro atoms. The first kappa shape index (κ1) is 15.5. The van der Waals surface area contributed by atoms with Gasteiger partial charge in [-0.25, -0.2) is 9.50 Å². The predicted octanol–water partition coefficient (Wildman–Crippen LogP) is 3.46. The second-order valence-corrected chi connectivity index (χ2v) is 6.73. The third kappa shape index (κ3) is 2.89. The maximum absolute atomic E-state index is 12.9. The average Bonchev–Trinajstić information content (AvgIpc) is 2.75. The summed E-state index contributed by atoms with van der Waals surface area (Å²) in [5.41, 5.74) is 2.25. The Morgan fingerprint density at radius 2 is 2.18 bits per heavy atom. The third-order valence-corrected chi connectivity index (χ3v) is 4.75. The van der Waals surface area contributed by atoms with E-state index in [1.54, 1.807) is 4.52 Å². The Kier molecular flexibility index (Phi) is 4.47. The zero-order chi connectivity index (χ0) is 15.7. The highest BCUT2D eigenvalue weighted by molar-refractivity contribution is 9.10. The van der Waals surface area contributed by atoms with Gasteiger partial charge in [-0.15, -0.1) is 0 Å². The fourth-order valence-electron chi connectivity index (χ4n) is 3.09. The van der Waals surface area contributed by atoms with Crippen LogP contribution in [0.25, 0.3) is 5.65 Å². The van der Waals surface area contributed by atoms with E-state index in [9.17, 15) is 4.79 Å². The number of aryl methyl sites for hydroxylation is 1. The first-order valence-electron chi connectivity index (χ1n) is 7.96. The van der Waals surface area contributed by atoms with E-state index in [4.69, 9.17) is 0 Å². The largest absolute Gasteiger partial charge is 0.335 e. The molecule has 1 amide bonds. The van der Waals surface area contributed by atoms with Crippen molar-refractivity contribution in [2.45, 2.75) is 52.0 Å². The standard InChI is InChI=1S/C16H21BrN4O/c1-3-12-9-13(18-15-10-14(17)19-21(12)15)16(22)20-8-6-4-5-7-11(20)2/h9-11H,3-8H2,1-2H3/t11-/m1/s1. The quantitative estimate of drug-likeness (QED) is 0.819. The van der Waals surface area contributed by atoms with Gasteiger partial charge in [0, 0.05) is 24.3 Å².